The summed E-state index contributed by atoms with van der Waals surface area (Å²) in [5, 5.41) is 7.43. The Morgan fingerprint density at radius 1 is 1.29 bits per heavy atom. The van der Waals surface area contributed by atoms with Gasteiger partial charge in [-0.1, -0.05) is 0 Å². The van der Waals surface area contributed by atoms with E-state index in [1.54, 1.807) is 25.3 Å². The third-order valence-corrected chi connectivity index (χ3v) is 3.07. The molecule has 1 saturated carbocycles. The fraction of sp³-hybridized carbons (Fsp3) is 0.462. The van der Waals surface area contributed by atoms with Gasteiger partial charge in [-0.15, -0.1) is 0 Å². The average Bonchev–Trinajstić information content (AvgIpc) is 2.81. The second-order valence-electron chi connectivity index (χ2n) is 4.30. The van der Waals surface area contributed by atoms with Crippen LogP contribution in [0.4, 0.5) is 0 Å². The van der Waals surface area contributed by atoms with Crippen LogP contribution in [0.2, 0.25) is 0 Å². The molecule has 0 saturated heterocycles. The van der Waals surface area contributed by atoms with Crippen LogP contribution in [-0.2, 0) is 0 Å². The Labute approximate surface area is 101 Å². The summed E-state index contributed by atoms with van der Waals surface area (Å²) in [5.74, 6) is 1.43. The number of amidine groups is 1. The topological polar surface area (TPSA) is 68.3 Å². The lowest BCUT2D eigenvalue weighted by atomic mass is 10.2. The van der Waals surface area contributed by atoms with E-state index in [-0.39, 0.29) is 11.9 Å². The van der Waals surface area contributed by atoms with Crippen molar-refractivity contribution < 1.29 is 9.47 Å². The van der Waals surface area contributed by atoms with Gasteiger partial charge in [-0.25, -0.2) is 0 Å². The number of hydrogen-bond donors (Lipinski definition) is 2. The fourth-order valence-electron chi connectivity index (χ4n) is 2.12. The molecule has 0 radical (unpaired) electrons. The van der Waals surface area contributed by atoms with Crippen molar-refractivity contribution in [1.82, 2.24) is 0 Å². The van der Waals surface area contributed by atoms with Gasteiger partial charge in [0.25, 0.3) is 0 Å². The number of nitrogens with one attached hydrogen (secondary N) is 1. The molecule has 0 heterocycles. The molecule has 0 atom stereocenters. The van der Waals surface area contributed by atoms with Gasteiger partial charge in [0.05, 0.1) is 13.2 Å². The van der Waals surface area contributed by atoms with Crippen molar-refractivity contribution >= 4 is 5.84 Å². The van der Waals surface area contributed by atoms with E-state index in [4.69, 9.17) is 20.6 Å². The lowest BCUT2D eigenvalue weighted by Crippen LogP contribution is -2.14. The van der Waals surface area contributed by atoms with Gasteiger partial charge in [0, 0.05) is 5.56 Å². The van der Waals surface area contributed by atoms with E-state index in [1.807, 2.05) is 0 Å². The first-order valence-electron chi connectivity index (χ1n) is 5.90. The average molecular weight is 234 g/mol. The fourth-order valence-corrected chi connectivity index (χ4v) is 2.12. The maximum Gasteiger partial charge on any atom is 0.162 e. The molecule has 0 aliphatic heterocycles. The lowest BCUT2D eigenvalue weighted by molar-refractivity contribution is 0.201. The van der Waals surface area contributed by atoms with Crippen LogP contribution in [0.5, 0.6) is 11.5 Å². The van der Waals surface area contributed by atoms with Gasteiger partial charge in [-0.3, -0.25) is 5.41 Å². The van der Waals surface area contributed by atoms with Crippen LogP contribution in [-0.4, -0.2) is 19.0 Å². The SMILES string of the molecule is COc1ccc(C(=N)N)cc1OC1CCCC1. The predicted molar refractivity (Wildman–Crippen MR) is 66.9 cm³/mol. The van der Waals surface area contributed by atoms with Crippen LogP contribution >= 0.6 is 0 Å². The number of nitrogen functional groups attached to an aromatic ring is 1. The zero-order chi connectivity index (χ0) is 12.3. The van der Waals surface area contributed by atoms with Gasteiger partial charge in [-0.05, 0) is 43.9 Å². The summed E-state index contributed by atoms with van der Waals surface area (Å²) in [6.45, 7) is 0. The molecule has 92 valence electrons. The van der Waals surface area contributed by atoms with Crippen LogP contribution in [0.1, 0.15) is 31.2 Å². The summed E-state index contributed by atoms with van der Waals surface area (Å²) in [4.78, 5) is 0. The smallest absolute Gasteiger partial charge is 0.162 e. The molecule has 2 rings (SSSR count). The largest absolute Gasteiger partial charge is 0.493 e. The number of ether oxygens (including phenoxy) is 2. The molecule has 0 amide bonds. The molecule has 0 bridgehead atoms. The first-order chi connectivity index (χ1) is 8.20. The molecule has 4 nitrogen and oxygen atoms in total. The number of benzene rings is 1. The normalized spacial score (nSPS) is 15.8. The monoisotopic (exact) mass is 234 g/mol. The second-order valence-corrected chi connectivity index (χ2v) is 4.30. The highest BCUT2D eigenvalue weighted by Gasteiger charge is 2.18. The molecule has 0 unspecified atom stereocenters. The van der Waals surface area contributed by atoms with E-state index in [2.05, 4.69) is 0 Å². The molecule has 4 heteroatoms. The van der Waals surface area contributed by atoms with Crippen molar-refractivity contribution in [2.45, 2.75) is 31.8 Å². The summed E-state index contributed by atoms with van der Waals surface area (Å²) in [5.41, 5.74) is 6.13. The van der Waals surface area contributed by atoms with Crippen LogP contribution in [0, 0.1) is 5.41 Å². The number of methoxy groups -OCH3 is 1. The maximum atomic E-state index is 7.43. The first-order valence-corrected chi connectivity index (χ1v) is 5.90. The van der Waals surface area contributed by atoms with E-state index in [1.165, 1.54) is 12.8 Å². The highest BCUT2D eigenvalue weighted by atomic mass is 16.5. The van der Waals surface area contributed by atoms with E-state index in [9.17, 15) is 0 Å². The zero-order valence-electron chi connectivity index (χ0n) is 10.0. The van der Waals surface area contributed by atoms with Crippen molar-refractivity contribution in [3.8, 4) is 11.5 Å². The van der Waals surface area contributed by atoms with Crippen molar-refractivity contribution in [3.05, 3.63) is 23.8 Å². The maximum absolute atomic E-state index is 7.43. The molecule has 17 heavy (non-hydrogen) atoms. The quantitative estimate of drug-likeness (QED) is 0.620. The van der Waals surface area contributed by atoms with E-state index >= 15 is 0 Å². The van der Waals surface area contributed by atoms with Crippen molar-refractivity contribution in [3.63, 3.8) is 0 Å². The van der Waals surface area contributed by atoms with Crippen LogP contribution in [0.15, 0.2) is 18.2 Å². The zero-order valence-corrected chi connectivity index (χ0v) is 10.0. The molecule has 1 aromatic carbocycles. The van der Waals surface area contributed by atoms with Gasteiger partial charge in [0.2, 0.25) is 0 Å². The summed E-state index contributed by atoms with van der Waals surface area (Å²) in [6, 6.07) is 5.34. The van der Waals surface area contributed by atoms with Gasteiger partial charge in [-0.2, -0.15) is 0 Å². The van der Waals surface area contributed by atoms with E-state index in [0.29, 0.717) is 17.1 Å². The van der Waals surface area contributed by atoms with Crippen molar-refractivity contribution in [2.75, 3.05) is 7.11 Å². The molecule has 0 aromatic heterocycles. The minimum atomic E-state index is 0.0453. The van der Waals surface area contributed by atoms with Gasteiger partial charge in [0.15, 0.2) is 11.5 Å². The summed E-state index contributed by atoms with van der Waals surface area (Å²) in [6.07, 6.45) is 4.89. The van der Waals surface area contributed by atoms with Gasteiger partial charge < -0.3 is 15.2 Å². The summed E-state index contributed by atoms with van der Waals surface area (Å²) >= 11 is 0. The Kier molecular flexibility index (Phi) is 3.52. The second kappa shape index (κ2) is 5.08. The highest BCUT2D eigenvalue weighted by Crippen LogP contribution is 2.32. The van der Waals surface area contributed by atoms with Crippen molar-refractivity contribution in [1.29, 1.82) is 5.41 Å². The number of nitrogens with two attached hydrogens (primary N) is 1. The van der Waals surface area contributed by atoms with Crippen LogP contribution in [0.3, 0.4) is 0 Å². The molecule has 1 aliphatic rings. The molecule has 0 spiro atoms. The standard InChI is InChI=1S/C13H18N2O2/c1-16-11-7-6-9(13(14)15)8-12(11)17-10-4-2-3-5-10/h6-8,10H,2-5H2,1H3,(H3,14,15). The Morgan fingerprint density at radius 3 is 2.59 bits per heavy atom. The van der Waals surface area contributed by atoms with Crippen molar-refractivity contribution in [2.24, 2.45) is 5.73 Å². The minimum Gasteiger partial charge on any atom is -0.493 e. The number of rotatable bonds is 4. The Hall–Kier alpha value is -1.71. The Balaban J connectivity index is 2.21. The molecule has 1 aliphatic carbocycles. The molecule has 3 N–H and O–H groups in total. The first kappa shape index (κ1) is 11.8. The summed E-state index contributed by atoms with van der Waals surface area (Å²) in [7, 11) is 1.62. The Morgan fingerprint density at radius 2 is 2.00 bits per heavy atom. The highest BCUT2D eigenvalue weighted by molar-refractivity contribution is 5.95. The van der Waals surface area contributed by atoms with Crippen LogP contribution < -0.4 is 15.2 Å². The van der Waals surface area contributed by atoms with E-state index in [0.717, 1.165) is 12.8 Å². The van der Waals surface area contributed by atoms with Gasteiger partial charge >= 0.3 is 0 Å². The third-order valence-electron chi connectivity index (χ3n) is 3.07. The molecule has 1 fully saturated rings. The predicted octanol–water partition coefficient (Wildman–Crippen LogP) is 2.30. The molecular weight excluding hydrogens is 216 g/mol. The molecule has 1 aromatic rings. The lowest BCUT2D eigenvalue weighted by Gasteiger charge is -2.16. The Bertz CT molecular complexity index is 412. The van der Waals surface area contributed by atoms with Crippen LogP contribution in [0.25, 0.3) is 0 Å². The molecular formula is C13H18N2O2. The third kappa shape index (κ3) is 2.70. The van der Waals surface area contributed by atoms with E-state index < -0.39 is 0 Å². The minimum absolute atomic E-state index is 0.0453. The van der Waals surface area contributed by atoms with Gasteiger partial charge in [0.1, 0.15) is 5.84 Å². The number of hydrogen-bond acceptors (Lipinski definition) is 3. The summed E-state index contributed by atoms with van der Waals surface area (Å²) < 4.78 is 11.2.